The second-order valence-corrected chi connectivity index (χ2v) is 4.21. The van der Waals surface area contributed by atoms with Crippen LogP contribution >= 0.6 is 0 Å². The van der Waals surface area contributed by atoms with Crippen molar-refractivity contribution in [1.82, 2.24) is 5.32 Å². The second-order valence-electron chi connectivity index (χ2n) is 4.21. The molecule has 2 atom stereocenters. The van der Waals surface area contributed by atoms with Crippen molar-refractivity contribution in [3.05, 3.63) is 0 Å². The number of nitriles is 1. The second kappa shape index (κ2) is 7.24. The molecule has 4 heteroatoms. The van der Waals surface area contributed by atoms with Gasteiger partial charge in [-0.2, -0.15) is 5.26 Å². The molecule has 0 heterocycles. The lowest BCUT2D eigenvalue weighted by Gasteiger charge is -2.18. The van der Waals surface area contributed by atoms with E-state index < -0.39 is 6.04 Å². The molecule has 0 aliphatic carbocycles. The summed E-state index contributed by atoms with van der Waals surface area (Å²) in [6.07, 6.45) is 1.78. The molecule has 0 radical (unpaired) electrons. The number of carbonyl (C=O) groups is 1. The van der Waals surface area contributed by atoms with E-state index in [2.05, 4.69) is 5.32 Å². The maximum atomic E-state index is 11.6. The van der Waals surface area contributed by atoms with Crippen molar-refractivity contribution in [3.63, 3.8) is 0 Å². The van der Waals surface area contributed by atoms with Crippen LogP contribution in [0.4, 0.5) is 0 Å². The van der Waals surface area contributed by atoms with Gasteiger partial charge in [-0.05, 0) is 18.8 Å². The Labute approximate surface area is 91.8 Å². The summed E-state index contributed by atoms with van der Waals surface area (Å²) in [5.74, 6) is 0.257. The summed E-state index contributed by atoms with van der Waals surface area (Å²) in [5, 5.41) is 11.3. The molecular weight excluding hydrogens is 190 g/mol. The van der Waals surface area contributed by atoms with Crippen molar-refractivity contribution in [2.45, 2.75) is 52.1 Å². The van der Waals surface area contributed by atoms with E-state index in [1.54, 1.807) is 0 Å². The van der Waals surface area contributed by atoms with Gasteiger partial charge in [0.25, 0.3) is 0 Å². The SMILES string of the molecule is CCC(CC#N)NC(=O)[C@@H](N)CC(C)C. The van der Waals surface area contributed by atoms with Crippen LogP contribution in [0.5, 0.6) is 0 Å². The minimum atomic E-state index is -0.460. The van der Waals surface area contributed by atoms with E-state index in [1.807, 2.05) is 26.8 Å². The first kappa shape index (κ1) is 13.9. The molecule has 0 saturated carbocycles. The molecule has 0 saturated heterocycles. The standard InChI is InChI=1S/C11H21N3O/c1-4-9(5-6-12)14-11(15)10(13)7-8(2)3/h8-10H,4-5,7,13H2,1-3H3,(H,14,15)/t9?,10-/m0/s1. The zero-order valence-electron chi connectivity index (χ0n) is 9.79. The summed E-state index contributed by atoms with van der Waals surface area (Å²) in [5.41, 5.74) is 5.72. The van der Waals surface area contributed by atoms with Crippen molar-refractivity contribution in [2.24, 2.45) is 11.7 Å². The van der Waals surface area contributed by atoms with Gasteiger partial charge in [0, 0.05) is 6.04 Å². The van der Waals surface area contributed by atoms with Crippen molar-refractivity contribution in [2.75, 3.05) is 0 Å². The monoisotopic (exact) mass is 211 g/mol. The van der Waals surface area contributed by atoms with Crippen LogP contribution in [0, 0.1) is 17.2 Å². The first-order valence-electron chi connectivity index (χ1n) is 5.44. The summed E-state index contributed by atoms with van der Waals surface area (Å²) < 4.78 is 0. The smallest absolute Gasteiger partial charge is 0.237 e. The molecule has 0 spiro atoms. The van der Waals surface area contributed by atoms with Crippen LogP contribution in [-0.2, 0) is 4.79 Å². The lowest BCUT2D eigenvalue weighted by Crippen LogP contribution is -2.45. The molecule has 3 N–H and O–H groups in total. The number of amides is 1. The highest BCUT2D eigenvalue weighted by Gasteiger charge is 2.17. The maximum Gasteiger partial charge on any atom is 0.237 e. The molecule has 0 rings (SSSR count). The highest BCUT2D eigenvalue weighted by atomic mass is 16.2. The molecule has 0 aliphatic heterocycles. The first-order chi connectivity index (χ1) is 7.01. The summed E-state index contributed by atoms with van der Waals surface area (Å²) in [6, 6.07) is 1.52. The van der Waals surface area contributed by atoms with Crippen LogP contribution in [0.2, 0.25) is 0 Å². The normalized spacial score (nSPS) is 14.4. The lowest BCUT2D eigenvalue weighted by atomic mass is 10.0. The third kappa shape index (κ3) is 6.08. The van der Waals surface area contributed by atoms with E-state index in [4.69, 9.17) is 11.0 Å². The topological polar surface area (TPSA) is 78.9 Å². The Hall–Kier alpha value is -1.08. The van der Waals surface area contributed by atoms with E-state index >= 15 is 0 Å². The Bertz CT molecular complexity index is 232. The van der Waals surface area contributed by atoms with Crippen molar-refractivity contribution in [3.8, 4) is 6.07 Å². The molecule has 0 bridgehead atoms. The highest BCUT2D eigenvalue weighted by Crippen LogP contribution is 2.04. The number of hydrogen-bond donors (Lipinski definition) is 2. The van der Waals surface area contributed by atoms with Gasteiger partial charge in [0.15, 0.2) is 0 Å². The molecule has 1 unspecified atom stereocenters. The van der Waals surface area contributed by atoms with Gasteiger partial charge in [-0.25, -0.2) is 0 Å². The first-order valence-corrected chi connectivity index (χ1v) is 5.44. The molecule has 1 amide bonds. The fourth-order valence-electron chi connectivity index (χ4n) is 1.33. The summed E-state index contributed by atoms with van der Waals surface area (Å²) in [6.45, 7) is 6.00. The molecule has 15 heavy (non-hydrogen) atoms. The van der Waals surface area contributed by atoms with Crippen LogP contribution in [0.3, 0.4) is 0 Å². The van der Waals surface area contributed by atoms with Crippen molar-refractivity contribution in [1.29, 1.82) is 5.26 Å². The summed E-state index contributed by atoms with van der Waals surface area (Å²) in [4.78, 5) is 11.6. The Morgan fingerprint density at radius 1 is 1.53 bits per heavy atom. The predicted molar refractivity (Wildman–Crippen MR) is 59.9 cm³/mol. The number of carbonyl (C=O) groups excluding carboxylic acids is 1. The maximum absolute atomic E-state index is 11.6. The van der Waals surface area contributed by atoms with E-state index in [0.717, 1.165) is 6.42 Å². The zero-order valence-corrected chi connectivity index (χ0v) is 9.79. The van der Waals surface area contributed by atoms with Crippen LogP contribution in [0.25, 0.3) is 0 Å². The average molecular weight is 211 g/mol. The number of nitrogens with two attached hydrogens (primary N) is 1. The van der Waals surface area contributed by atoms with E-state index in [1.165, 1.54) is 0 Å². The van der Waals surface area contributed by atoms with Gasteiger partial charge in [-0.15, -0.1) is 0 Å². The van der Waals surface area contributed by atoms with Gasteiger partial charge >= 0.3 is 0 Å². The van der Waals surface area contributed by atoms with Crippen molar-refractivity contribution >= 4 is 5.91 Å². The van der Waals surface area contributed by atoms with Gasteiger partial charge in [0.1, 0.15) is 0 Å². The number of nitrogens with one attached hydrogen (secondary N) is 1. The van der Waals surface area contributed by atoms with Gasteiger partial charge in [0.05, 0.1) is 18.5 Å². The predicted octanol–water partition coefficient (Wildman–Crippen LogP) is 1.17. The van der Waals surface area contributed by atoms with E-state index in [0.29, 0.717) is 18.8 Å². The average Bonchev–Trinajstić information content (AvgIpc) is 2.15. The molecule has 0 aromatic rings. The quantitative estimate of drug-likeness (QED) is 0.692. The molecular formula is C11H21N3O. The highest BCUT2D eigenvalue weighted by molar-refractivity contribution is 5.81. The molecule has 4 nitrogen and oxygen atoms in total. The number of hydrogen-bond acceptors (Lipinski definition) is 3. The largest absolute Gasteiger partial charge is 0.351 e. The third-order valence-corrected chi connectivity index (χ3v) is 2.24. The Morgan fingerprint density at radius 2 is 2.13 bits per heavy atom. The molecule has 0 aromatic carbocycles. The van der Waals surface area contributed by atoms with Crippen LogP contribution in [-0.4, -0.2) is 18.0 Å². The Balaban J connectivity index is 4.05. The van der Waals surface area contributed by atoms with E-state index in [-0.39, 0.29) is 11.9 Å². The Kier molecular flexibility index (Phi) is 6.72. The molecule has 0 aliphatic rings. The molecule has 0 aromatic heterocycles. The van der Waals surface area contributed by atoms with E-state index in [9.17, 15) is 4.79 Å². The molecule has 86 valence electrons. The summed E-state index contributed by atoms with van der Waals surface area (Å²) >= 11 is 0. The van der Waals surface area contributed by atoms with Crippen LogP contribution < -0.4 is 11.1 Å². The third-order valence-electron chi connectivity index (χ3n) is 2.24. The van der Waals surface area contributed by atoms with Crippen LogP contribution in [0.1, 0.15) is 40.0 Å². The van der Waals surface area contributed by atoms with Gasteiger partial charge < -0.3 is 11.1 Å². The van der Waals surface area contributed by atoms with Crippen molar-refractivity contribution < 1.29 is 4.79 Å². The minimum absolute atomic E-state index is 0.0688. The van der Waals surface area contributed by atoms with Crippen LogP contribution in [0.15, 0.2) is 0 Å². The van der Waals surface area contributed by atoms with Gasteiger partial charge in [0.2, 0.25) is 5.91 Å². The fraction of sp³-hybridized carbons (Fsp3) is 0.818. The number of rotatable bonds is 6. The lowest BCUT2D eigenvalue weighted by molar-refractivity contribution is -0.123. The fourth-order valence-corrected chi connectivity index (χ4v) is 1.33. The summed E-state index contributed by atoms with van der Waals surface area (Å²) in [7, 11) is 0. The number of nitrogens with zero attached hydrogens (tertiary/aromatic N) is 1. The van der Waals surface area contributed by atoms with Gasteiger partial charge in [-0.3, -0.25) is 4.79 Å². The molecule has 0 fully saturated rings. The minimum Gasteiger partial charge on any atom is -0.351 e. The Morgan fingerprint density at radius 3 is 2.53 bits per heavy atom. The van der Waals surface area contributed by atoms with Gasteiger partial charge in [-0.1, -0.05) is 20.8 Å². The zero-order chi connectivity index (χ0) is 11.8.